The quantitative estimate of drug-likeness (QED) is 0.705. The van der Waals surface area contributed by atoms with Crippen LogP contribution in [0.5, 0.6) is 0 Å². The Morgan fingerprint density at radius 1 is 1.21 bits per heavy atom. The summed E-state index contributed by atoms with van der Waals surface area (Å²) < 4.78 is 16.7. The second-order valence-electron chi connectivity index (χ2n) is 4.67. The molecular weight excluding hydrogens is 240 g/mol. The van der Waals surface area contributed by atoms with E-state index in [9.17, 15) is 0 Å². The lowest BCUT2D eigenvalue weighted by molar-refractivity contribution is -0.169. The Labute approximate surface area is 115 Å². The fraction of sp³-hybridized carbons (Fsp3) is 0.500. The van der Waals surface area contributed by atoms with Crippen LogP contribution in [0.4, 0.5) is 0 Å². The van der Waals surface area contributed by atoms with E-state index in [1.165, 1.54) is 12.0 Å². The molecule has 1 saturated heterocycles. The first-order valence-corrected chi connectivity index (χ1v) is 6.91. The third-order valence-electron chi connectivity index (χ3n) is 3.15. The summed E-state index contributed by atoms with van der Waals surface area (Å²) >= 11 is 0. The number of rotatable bonds is 7. The molecule has 1 aliphatic rings. The molecule has 1 aromatic carbocycles. The number of hydrogen-bond acceptors (Lipinski definition) is 3. The van der Waals surface area contributed by atoms with Crippen LogP contribution in [0.2, 0.25) is 0 Å². The predicted octanol–water partition coefficient (Wildman–Crippen LogP) is 3.39. The van der Waals surface area contributed by atoms with E-state index >= 15 is 0 Å². The minimum atomic E-state index is -0.0239. The summed E-state index contributed by atoms with van der Waals surface area (Å²) in [4.78, 5) is 0. The monoisotopic (exact) mass is 262 g/mol. The molecule has 0 bridgehead atoms. The average Bonchev–Trinajstić information content (AvgIpc) is 2.49. The summed E-state index contributed by atoms with van der Waals surface area (Å²) in [5.74, 6) is 0. The van der Waals surface area contributed by atoms with E-state index in [0.717, 1.165) is 25.0 Å². The van der Waals surface area contributed by atoms with E-state index in [4.69, 9.17) is 14.2 Å². The Morgan fingerprint density at radius 2 is 2.05 bits per heavy atom. The van der Waals surface area contributed by atoms with Crippen molar-refractivity contribution in [2.24, 2.45) is 0 Å². The molecule has 19 heavy (non-hydrogen) atoms. The smallest absolute Gasteiger partial charge is 0.157 e. The van der Waals surface area contributed by atoms with Gasteiger partial charge in [-0.2, -0.15) is 0 Å². The second-order valence-corrected chi connectivity index (χ2v) is 4.67. The largest absolute Gasteiger partial charge is 0.374 e. The Balaban J connectivity index is 1.56. The predicted molar refractivity (Wildman–Crippen MR) is 75.7 cm³/mol. The molecular formula is C16H22O3. The fourth-order valence-electron chi connectivity index (χ4n) is 2.02. The molecule has 0 amide bonds. The van der Waals surface area contributed by atoms with Crippen LogP contribution in [0.3, 0.4) is 0 Å². The van der Waals surface area contributed by atoms with Crippen molar-refractivity contribution in [3.8, 4) is 0 Å². The first kappa shape index (κ1) is 14.3. The molecule has 1 unspecified atom stereocenters. The minimum Gasteiger partial charge on any atom is -0.374 e. The second kappa shape index (κ2) is 8.10. The average molecular weight is 262 g/mol. The first-order valence-electron chi connectivity index (χ1n) is 6.91. The van der Waals surface area contributed by atoms with E-state index in [1.54, 1.807) is 0 Å². The van der Waals surface area contributed by atoms with E-state index in [-0.39, 0.29) is 6.29 Å². The maximum absolute atomic E-state index is 5.60. The molecule has 3 nitrogen and oxygen atoms in total. The molecule has 1 atom stereocenters. The van der Waals surface area contributed by atoms with Gasteiger partial charge in [-0.15, -0.1) is 0 Å². The highest BCUT2D eigenvalue weighted by molar-refractivity contribution is 5.47. The zero-order valence-electron chi connectivity index (χ0n) is 11.3. The molecule has 1 fully saturated rings. The van der Waals surface area contributed by atoms with Gasteiger partial charge in [-0.3, -0.25) is 0 Å². The standard InChI is InChI=1S/C16H22O3/c1-2-14-6-8-15(9-7-14)13-17-11-12-19-16-5-3-4-10-18-16/h2,6-9,16H,1,3-5,10-13H2. The van der Waals surface area contributed by atoms with Crippen LogP contribution in [-0.2, 0) is 20.8 Å². The van der Waals surface area contributed by atoms with Crippen LogP contribution in [-0.4, -0.2) is 26.1 Å². The van der Waals surface area contributed by atoms with Crippen LogP contribution >= 0.6 is 0 Å². The third kappa shape index (κ3) is 5.15. The van der Waals surface area contributed by atoms with Gasteiger partial charge in [-0.1, -0.05) is 36.9 Å². The summed E-state index contributed by atoms with van der Waals surface area (Å²) in [5.41, 5.74) is 2.29. The molecule has 0 saturated carbocycles. The van der Waals surface area contributed by atoms with Crippen molar-refractivity contribution in [2.75, 3.05) is 19.8 Å². The first-order chi connectivity index (χ1) is 9.38. The van der Waals surface area contributed by atoms with Crippen molar-refractivity contribution in [2.45, 2.75) is 32.2 Å². The Morgan fingerprint density at radius 3 is 2.74 bits per heavy atom. The molecule has 0 radical (unpaired) electrons. The third-order valence-corrected chi connectivity index (χ3v) is 3.15. The molecule has 1 aromatic rings. The van der Waals surface area contributed by atoms with Gasteiger partial charge in [0.25, 0.3) is 0 Å². The summed E-state index contributed by atoms with van der Waals surface area (Å²) in [5, 5.41) is 0. The molecule has 1 heterocycles. The highest BCUT2D eigenvalue weighted by Crippen LogP contribution is 2.13. The van der Waals surface area contributed by atoms with Gasteiger partial charge < -0.3 is 14.2 Å². The van der Waals surface area contributed by atoms with Crippen molar-refractivity contribution in [3.63, 3.8) is 0 Å². The van der Waals surface area contributed by atoms with Gasteiger partial charge in [0.2, 0.25) is 0 Å². The molecule has 2 rings (SSSR count). The van der Waals surface area contributed by atoms with Crippen molar-refractivity contribution < 1.29 is 14.2 Å². The van der Waals surface area contributed by atoms with Gasteiger partial charge in [0.1, 0.15) is 0 Å². The normalized spacial score (nSPS) is 19.3. The maximum Gasteiger partial charge on any atom is 0.157 e. The van der Waals surface area contributed by atoms with E-state index in [0.29, 0.717) is 19.8 Å². The summed E-state index contributed by atoms with van der Waals surface area (Å²) in [6, 6.07) is 8.19. The number of hydrogen-bond donors (Lipinski definition) is 0. The SMILES string of the molecule is C=Cc1ccc(COCCOC2CCCCO2)cc1. The molecule has 0 N–H and O–H groups in total. The van der Waals surface area contributed by atoms with E-state index < -0.39 is 0 Å². The lowest BCUT2D eigenvalue weighted by atomic mass is 10.1. The van der Waals surface area contributed by atoms with E-state index in [1.807, 2.05) is 18.2 Å². The van der Waals surface area contributed by atoms with Gasteiger partial charge in [0.05, 0.1) is 19.8 Å². The van der Waals surface area contributed by atoms with Crippen LogP contribution in [0.15, 0.2) is 30.8 Å². The summed E-state index contributed by atoms with van der Waals surface area (Å²) in [7, 11) is 0. The van der Waals surface area contributed by atoms with Crippen molar-refractivity contribution in [1.82, 2.24) is 0 Å². The van der Waals surface area contributed by atoms with Crippen LogP contribution in [0.25, 0.3) is 6.08 Å². The van der Waals surface area contributed by atoms with Crippen molar-refractivity contribution in [1.29, 1.82) is 0 Å². The fourth-order valence-corrected chi connectivity index (χ4v) is 2.02. The molecule has 0 aliphatic carbocycles. The Bertz CT molecular complexity index is 366. The Kier molecular flexibility index (Phi) is 6.08. The molecule has 104 valence electrons. The van der Waals surface area contributed by atoms with Gasteiger partial charge >= 0.3 is 0 Å². The van der Waals surface area contributed by atoms with Gasteiger partial charge in [-0.25, -0.2) is 0 Å². The van der Waals surface area contributed by atoms with Crippen LogP contribution < -0.4 is 0 Å². The topological polar surface area (TPSA) is 27.7 Å². The Hall–Kier alpha value is -1.16. The van der Waals surface area contributed by atoms with E-state index in [2.05, 4.69) is 18.7 Å². The number of benzene rings is 1. The zero-order chi connectivity index (χ0) is 13.3. The van der Waals surface area contributed by atoms with Gasteiger partial charge in [0.15, 0.2) is 6.29 Å². The highest BCUT2D eigenvalue weighted by Gasteiger charge is 2.13. The number of ether oxygens (including phenoxy) is 3. The molecule has 3 heteroatoms. The minimum absolute atomic E-state index is 0.0239. The van der Waals surface area contributed by atoms with Crippen LogP contribution in [0.1, 0.15) is 30.4 Å². The van der Waals surface area contributed by atoms with Gasteiger partial charge in [0, 0.05) is 6.61 Å². The summed E-state index contributed by atoms with van der Waals surface area (Å²) in [6.07, 6.45) is 5.16. The summed E-state index contributed by atoms with van der Waals surface area (Å²) in [6.45, 7) is 6.36. The van der Waals surface area contributed by atoms with Gasteiger partial charge in [-0.05, 0) is 30.4 Å². The van der Waals surface area contributed by atoms with Crippen molar-refractivity contribution in [3.05, 3.63) is 42.0 Å². The lowest BCUT2D eigenvalue weighted by Crippen LogP contribution is -2.23. The molecule has 0 spiro atoms. The molecule has 1 aliphatic heterocycles. The van der Waals surface area contributed by atoms with Crippen molar-refractivity contribution >= 4 is 6.08 Å². The lowest BCUT2D eigenvalue weighted by Gasteiger charge is -2.22. The zero-order valence-corrected chi connectivity index (χ0v) is 11.3. The highest BCUT2D eigenvalue weighted by atomic mass is 16.7. The molecule has 0 aromatic heterocycles. The van der Waals surface area contributed by atoms with Crippen LogP contribution in [0, 0.1) is 0 Å². The maximum atomic E-state index is 5.60.